The van der Waals surface area contributed by atoms with Gasteiger partial charge in [-0.3, -0.25) is 15.0 Å². The lowest BCUT2D eigenvalue weighted by Crippen LogP contribution is -2.43. The van der Waals surface area contributed by atoms with Crippen LogP contribution in [-0.2, 0) is 4.79 Å². The third-order valence-electron chi connectivity index (χ3n) is 3.00. The van der Waals surface area contributed by atoms with Gasteiger partial charge in [0.05, 0.1) is 6.04 Å². The van der Waals surface area contributed by atoms with Crippen molar-refractivity contribution in [3.8, 4) is 0 Å². The Morgan fingerprint density at radius 3 is 2.52 bits per heavy atom. The van der Waals surface area contributed by atoms with Crippen LogP contribution in [0.25, 0.3) is 10.4 Å². The van der Waals surface area contributed by atoms with Crippen LogP contribution in [0.3, 0.4) is 0 Å². The van der Waals surface area contributed by atoms with Crippen molar-refractivity contribution < 1.29 is 9.59 Å². The van der Waals surface area contributed by atoms with Crippen molar-refractivity contribution in [2.75, 3.05) is 0 Å². The summed E-state index contributed by atoms with van der Waals surface area (Å²) in [6.45, 7) is 0. The molecule has 5 N–H and O–H groups in total. The van der Waals surface area contributed by atoms with Crippen LogP contribution in [0, 0.1) is 0 Å². The minimum atomic E-state index is -0.645. The molecule has 21 heavy (non-hydrogen) atoms. The number of hydrogen-bond donors (Lipinski definition) is 3. The number of nitrogens with one attached hydrogen (secondary N) is 1. The van der Waals surface area contributed by atoms with Crippen LogP contribution >= 0.6 is 0 Å². The topological polar surface area (TPSA) is 147 Å². The van der Waals surface area contributed by atoms with Crippen molar-refractivity contribution in [2.24, 2.45) is 16.7 Å². The Morgan fingerprint density at radius 2 is 1.95 bits per heavy atom. The Balaban J connectivity index is 2.37. The first-order valence-electron chi connectivity index (χ1n) is 6.53. The lowest BCUT2D eigenvalue weighted by molar-refractivity contribution is -0.122. The summed E-state index contributed by atoms with van der Waals surface area (Å²) < 4.78 is 0. The SMILES string of the molecule is [N-]=[N+]=Nc1ccc(C(=O)CCCCC(N)C(=O)NN)cc1. The third-order valence-corrected chi connectivity index (χ3v) is 3.00. The zero-order valence-corrected chi connectivity index (χ0v) is 11.5. The van der Waals surface area contributed by atoms with E-state index in [1.807, 2.05) is 5.43 Å². The number of rotatable bonds is 8. The molecule has 0 aliphatic heterocycles. The smallest absolute Gasteiger partial charge is 0.250 e. The van der Waals surface area contributed by atoms with Gasteiger partial charge in [0.25, 0.3) is 5.91 Å². The number of hydrogen-bond acceptors (Lipinski definition) is 5. The minimum Gasteiger partial charge on any atom is -0.320 e. The minimum absolute atomic E-state index is 0.000616. The molecule has 0 aliphatic carbocycles. The second-order valence-corrected chi connectivity index (χ2v) is 4.52. The maximum atomic E-state index is 11.9. The molecule has 1 amide bonds. The fourth-order valence-electron chi connectivity index (χ4n) is 1.80. The van der Waals surface area contributed by atoms with E-state index in [0.717, 1.165) is 0 Å². The fourth-order valence-corrected chi connectivity index (χ4v) is 1.80. The molecule has 1 unspecified atom stereocenters. The summed E-state index contributed by atoms with van der Waals surface area (Å²) >= 11 is 0. The van der Waals surface area contributed by atoms with Gasteiger partial charge in [0, 0.05) is 22.6 Å². The Hall–Kier alpha value is -2.41. The van der Waals surface area contributed by atoms with E-state index in [4.69, 9.17) is 17.1 Å². The highest BCUT2D eigenvalue weighted by Gasteiger charge is 2.12. The third kappa shape index (κ3) is 5.62. The molecule has 1 aromatic carbocycles. The molecule has 0 fully saturated rings. The van der Waals surface area contributed by atoms with E-state index in [2.05, 4.69) is 10.0 Å². The van der Waals surface area contributed by atoms with E-state index in [9.17, 15) is 9.59 Å². The highest BCUT2D eigenvalue weighted by Crippen LogP contribution is 2.15. The van der Waals surface area contributed by atoms with E-state index < -0.39 is 11.9 Å². The van der Waals surface area contributed by atoms with Gasteiger partial charge in [-0.1, -0.05) is 35.8 Å². The lowest BCUT2D eigenvalue weighted by Gasteiger charge is -2.08. The quantitative estimate of drug-likeness (QED) is 0.0976. The van der Waals surface area contributed by atoms with Crippen molar-refractivity contribution in [1.29, 1.82) is 0 Å². The molecular formula is C13H18N6O2. The molecule has 1 rings (SSSR count). The molecule has 1 aromatic rings. The molecule has 0 bridgehead atoms. The number of hydrazine groups is 1. The summed E-state index contributed by atoms with van der Waals surface area (Å²) in [4.78, 5) is 25.7. The molecular weight excluding hydrogens is 272 g/mol. The van der Waals surface area contributed by atoms with Gasteiger partial charge in [0.1, 0.15) is 0 Å². The van der Waals surface area contributed by atoms with E-state index in [1.165, 1.54) is 0 Å². The number of amides is 1. The van der Waals surface area contributed by atoms with Gasteiger partial charge < -0.3 is 5.73 Å². The molecule has 0 heterocycles. The van der Waals surface area contributed by atoms with Crippen LogP contribution < -0.4 is 17.0 Å². The Morgan fingerprint density at radius 1 is 1.29 bits per heavy atom. The second kappa shape index (κ2) is 8.70. The van der Waals surface area contributed by atoms with Crippen LogP contribution in [0.5, 0.6) is 0 Å². The average molecular weight is 290 g/mol. The predicted molar refractivity (Wildman–Crippen MR) is 78.4 cm³/mol. The van der Waals surface area contributed by atoms with Crippen LogP contribution in [0.15, 0.2) is 29.4 Å². The van der Waals surface area contributed by atoms with Gasteiger partial charge in [0.2, 0.25) is 0 Å². The first-order chi connectivity index (χ1) is 10.1. The first-order valence-corrected chi connectivity index (χ1v) is 6.53. The molecule has 1 atom stereocenters. The second-order valence-electron chi connectivity index (χ2n) is 4.52. The van der Waals surface area contributed by atoms with Crippen LogP contribution in [0.4, 0.5) is 5.69 Å². The summed E-state index contributed by atoms with van der Waals surface area (Å²) in [5.41, 5.74) is 16.9. The summed E-state index contributed by atoms with van der Waals surface area (Å²) in [5.74, 6) is 4.56. The molecule has 112 valence electrons. The number of nitrogens with two attached hydrogens (primary N) is 2. The highest BCUT2D eigenvalue weighted by atomic mass is 16.2. The summed E-state index contributed by atoms with van der Waals surface area (Å²) in [6, 6.07) is 5.79. The van der Waals surface area contributed by atoms with E-state index in [-0.39, 0.29) is 5.78 Å². The van der Waals surface area contributed by atoms with Crippen molar-refractivity contribution in [3.63, 3.8) is 0 Å². The van der Waals surface area contributed by atoms with Gasteiger partial charge in [-0.25, -0.2) is 5.84 Å². The summed E-state index contributed by atoms with van der Waals surface area (Å²) in [6.07, 6.45) is 2.16. The number of Topliss-reactive ketones (excluding diaryl/α,β-unsaturated/α-hetero) is 1. The largest absolute Gasteiger partial charge is 0.320 e. The fraction of sp³-hybridized carbons (Fsp3) is 0.385. The van der Waals surface area contributed by atoms with Gasteiger partial charge in [-0.05, 0) is 18.4 Å². The Labute approximate surface area is 122 Å². The number of azide groups is 1. The normalized spacial score (nSPS) is 11.3. The standard InChI is InChI=1S/C13H18N6O2/c14-11(13(21)17-15)3-1-2-4-12(20)9-5-7-10(8-6-9)18-19-16/h5-8,11H,1-4,14-15H2,(H,17,21). The van der Waals surface area contributed by atoms with E-state index in [0.29, 0.717) is 36.9 Å². The van der Waals surface area contributed by atoms with Crippen molar-refractivity contribution >= 4 is 17.4 Å². The van der Waals surface area contributed by atoms with Gasteiger partial charge in [0.15, 0.2) is 5.78 Å². The lowest BCUT2D eigenvalue weighted by atomic mass is 10.0. The van der Waals surface area contributed by atoms with Crippen LogP contribution in [0.1, 0.15) is 36.0 Å². The maximum absolute atomic E-state index is 11.9. The monoisotopic (exact) mass is 290 g/mol. The number of nitrogens with zero attached hydrogens (tertiary/aromatic N) is 3. The molecule has 0 saturated heterocycles. The molecule has 0 aromatic heterocycles. The molecule has 0 spiro atoms. The predicted octanol–water partition coefficient (Wildman–Crippen LogP) is 1.69. The average Bonchev–Trinajstić information content (AvgIpc) is 2.51. The van der Waals surface area contributed by atoms with E-state index >= 15 is 0 Å². The summed E-state index contributed by atoms with van der Waals surface area (Å²) in [5, 5.41) is 3.43. The van der Waals surface area contributed by atoms with Crippen molar-refractivity contribution in [3.05, 3.63) is 40.3 Å². The molecule has 8 heteroatoms. The zero-order valence-electron chi connectivity index (χ0n) is 11.5. The summed E-state index contributed by atoms with van der Waals surface area (Å²) in [7, 11) is 0. The number of unbranched alkanes of at least 4 members (excludes halogenated alkanes) is 1. The van der Waals surface area contributed by atoms with Gasteiger partial charge in [-0.2, -0.15) is 0 Å². The van der Waals surface area contributed by atoms with Crippen molar-refractivity contribution in [1.82, 2.24) is 5.43 Å². The Bertz CT molecular complexity index is 536. The number of carbonyl (C=O) groups is 2. The molecule has 8 nitrogen and oxygen atoms in total. The molecule has 0 saturated carbocycles. The van der Waals surface area contributed by atoms with E-state index in [1.54, 1.807) is 24.3 Å². The maximum Gasteiger partial charge on any atom is 0.250 e. The first kappa shape index (κ1) is 16.6. The van der Waals surface area contributed by atoms with Gasteiger partial charge in [-0.15, -0.1) is 0 Å². The number of carbonyl (C=O) groups excluding carboxylic acids is 2. The highest BCUT2D eigenvalue weighted by molar-refractivity contribution is 5.96. The van der Waals surface area contributed by atoms with Crippen LogP contribution in [0.2, 0.25) is 0 Å². The van der Waals surface area contributed by atoms with Gasteiger partial charge >= 0.3 is 0 Å². The number of benzene rings is 1. The molecule has 0 aliphatic rings. The molecule has 0 radical (unpaired) electrons. The Kier molecular flexibility index (Phi) is 6.90. The van der Waals surface area contributed by atoms with Crippen LogP contribution in [-0.4, -0.2) is 17.7 Å². The zero-order chi connectivity index (χ0) is 15.7. The van der Waals surface area contributed by atoms with Crippen molar-refractivity contribution in [2.45, 2.75) is 31.7 Å². The number of ketones is 1.